The van der Waals surface area contributed by atoms with Gasteiger partial charge in [0.15, 0.2) is 5.69 Å². The van der Waals surface area contributed by atoms with E-state index >= 15 is 0 Å². The normalized spacial score (nSPS) is 14.1. The summed E-state index contributed by atoms with van der Waals surface area (Å²) >= 11 is 0. The van der Waals surface area contributed by atoms with Crippen LogP contribution in [0, 0.1) is 5.41 Å². The fraction of sp³-hybridized carbons (Fsp3) is 0.636. The topological polar surface area (TPSA) is 75.9 Å². The summed E-state index contributed by atoms with van der Waals surface area (Å²) in [6.07, 6.45) is -4.55. The summed E-state index contributed by atoms with van der Waals surface area (Å²) in [7, 11) is 0. The monoisotopic (exact) mass is 277 g/mol. The van der Waals surface area contributed by atoms with Gasteiger partial charge in [0.2, 0.25) is 5.95 Å². The van der Waals surface area contributed by atoms with E-state index in [4.69, 9.17) is 5.84 Å². The number of nitrogens with one attached hydrogen (secondary N) is 2. The number of nitrogens with two attached hydrogens (primary N) is 1. The Morgan fingerprint density at radius 2 is 1.79 bits per heavy atom. The summed E-state index contributed by atoms with van der Waals surface area (Å²) in [4.78, 5) is 7.14. The number of nitrogen functional groups attached to an aromatic ring is 1. The molecule has 1 atom stereocenters. The van der Waals surface area contributed by atoms with E-state index in [1.54, 1.807) is 0 Å². The van der Waals surface area contributed by atoms with Crippen LogP contribution in [0.5, 0.6) is 0 Å². The molecule has 108 valence electrons. The van der Waals surface area contributed by atoms with Crippen LogP contribution in [0.4, 0.5) is 24.9 Å². The van der Waals surface area contributed by atoms with Crippen LogP contribution in [0.2, 0.25) is 0 Å². The van der Waals surface area contributed by atoms with Gasteiger partial charge in [-0.3, -0.25) is 5.43 Å². The number of rotatable bonds is 3. The van der Waals surface area contributed by atoms with E-state index in [-0.39, 0.29) is 23.2 Å². The summed E-state index contributed by atoms with van der Waals surface area (Å²) in [5.41, 5.74) is 0.862. The first-order valence-corrected chi connectivity index (χ1v) is 5.73. The molecule has 8 heteroatoms. The van der Waals surface area contributed by atoms with Crippen molar-refractivity contribution in [3.05, 3.63) is 11.8 Å². The van der Waals surface area contributed by atoms with Crippen LogP contribution < -0.4 is 16.6 Å². The van der Waals surface area contributed by atoms with Crippen LogP contribution in [0.1, 0.15) is 33.4 Å². The van der Waals surface area contributed by atoms with Crippen LogP contribution in [0.15, 0.2) is 6.07 Å². The molecule has 0 radical (unpaired) electrons. The van der Waals surface area contributed by atoms with Crippen molar-refractivity contribution in [2.75, 3.05) is 10.7 Å². The third-order valence-electron chi connectivity index (χ3n) is 2.81. The zero-order valence-electron chi connectivity index (χ0n) is 11.3. The molecule has 1 aromatic rings. The van der Waals surface area contributed by atoms with Crippen LogP contribution in [-0.4, -0.2) is 16.0 Å². The fourth-order valence-electron chi connectivity index (χ4n) is 1.17. The summed E-state index contributed by atoms with van der Waals surface area (Å²) < 4.78 is 38.0. The lowest BCUT2D eigenvalue weighted by Crippen LogP contribution is -2.31. The SMILES string of the molecule is CC(Nc1cc(C(F)(F)F)nc(NN)n1)C(C)(C)C. The van der Waals surface area contributed by atoms with Gasteiger partial charge in [0, 0.05) is 12.1 Å². The molecular formula is C11H18F3N5. The van der Waals surface area contributed by atoms with Crippen molar-refractivity contribution in [2.45, 2.75) is 39.9 Å². The Bertz CT molecular complexity index is 439. The fourth-order valence-corrected chi connectivity index (χ4v) is 1.17. The van der Waals surface area contributed by atoms with Crippen molar-refractivity contribution in [2.24, 2.45) is 11.3 Å². The second kappa shape index (κ2) is 5.20. The highest BCUT2D eigenvalue weighted by atomic mass is 19.4. The van der Waals surface area contributed by atoms with Gasteiger partial charge in [-0.05, 0) is 12.3 Å². The lowest BCUT2D eigenvalue weighted by molar-refractivity contribution is -0.141. The average Bonchev–Trinajstić information content (AvgIpc) is 2.26. The van der Waals surface area contributed by atoms with Gasteiger partial charge in [-0.15, -0.1) is 0 Å². The number of hydrogen-bond donors (Lipinski definition) is 3. The first-order valence-electron chi connectivity index (χ1n) is 5.73. The Morgan fingerprint density at radius 3 is 2.21 bits per heavy atom. The van der Waals surface area contributed by atoms with Crippen LogP contribution in [0.3, 0.4) is 0 Å². The lowest BCUT2D eigenvalue weighted by Gasteiger charge is -2.28. The van der Waals surface area contributed by atoms with Gasteiger partial charge in [-0.1, -0.05) is 20.8 Å². The van der Waals surface area contributed by atoms with Gasteiger partial charge in [-0.25, -0.2) is 10.8 Å². The number of nitrogens with zero attached hydrogens (tertiary/aromatic N) is 2. The predicted octanol–water partition coefficient (Wildman–Crippen LogP) is 2.63. The Morgan fingerprint density at radius 1 is 1.21 bits per heavy atom. The third kappa shape index (κ3) is 4.23. The first-order chi connectivity index (χ1) is 8.54. The Balaban J connectivity index is 3.08. The van der Waals surface area contributed by atoms with E-state index in [0.29, 0.717) is 0 Å². The molecule has 5 nitrogen and oxygen atoms in total. The van der Waals surface area contributed by atoms with Crippen molar-refractivity contribution in [3.63, 3.8) is 0 Å². The molecule has 0 spiro atoms. The summed E-state index contributed by atoms with van der Waals surface area (Å²) in [6, 6.07) is 0.789. The number of alkyl halides is 3. The summed E-state index contributed by atoms with van der Waals surface area (Å²) in [5.74, 6) is 4.88. The maximum absolute atomic E-state index is 12.7. The van der Waals surface area contributed by atoms with Gasteiger partial charge in [0.1, 0.15) is 5.82 Å². The summed E-state index contributed by atoms with van der Waals surface area (Å²) in [6.45, 7) is 7.78. The van der Waals surface area contributed by atoms with Gasteiger partial charge in [0.25, 0.3) is 0 Å². The maximum atomic E-state index is 12.7. The largest absolute Gasteiger partial charge is 0.433 e. The quantitative estimate of drug-likeness (QED) is 0.585. The van der Waals surface area contributed by atoms with E-state index in [9.17, 15) is 13.2 Å². The molecule has 0 aliphatic heterocycles. The molecule has 4 N–H and O–H groups in total. The predicted molar refractivity (Wildman–Crippen MR) is 67.4 cm³/mol. The molecule has 1 heterocycles. The van der Waals surface area contributed by atoms with Gasteiger partial charge in [0.05, 0.1) is 0 Å². The molecule has 1 aromatic heterocycles. The minimum absolute atomic E-state index is 0.0749. The molecule has 0 fully saturated rings. The zero-order valence-corrected chi connectivity index (χ0v) is 11.3. The van der Waals surface area contributed by atoms with E-state index in [2.05, 4.69) is 15.3 Å². The van der Waals surface area contributed by atoms with E-state index in [1.165, 1.54) is 0 Å². The molecule has 0 aliphatic rings. The highest BCUT2D eigenvalue weighted by Crippen LogP contribution is 2.30. The molecule has 0 amide bonds. The van der Waals surface area contributed by atoms with Crippen LogP contribution in [0.25, 0.3) is 0 Å². The molecule has 19 heavy (non-hydrogen) atoms. The van der Waals surface area contributed by atoms with Crippen LogP contribution in [-0.2, 0) is 6.18 Å². The lowest BCUT2D eigenvalue weighted by atomic mass is 9.88. The number of anilines is 2. The summed E-state index contributed by atoms with van der Waals surface area (Å²) in [5, 5.41) is 2.92. The van der Waals surface area contributed by atoms with Gasteiger partial charge >= 0.3 is 6.18 Å². The van der Waals surface area contributed by atoms with Crippen molar-refractivity contribution in [3.8, 4) is 0 Å². The van der Waals surface area contributed by atoms with Crippen LogP contribution >= 0.6 is 0 Å². The highest BCUT2D eigenvalue weighted by molar-refractivity contribution is 5.43. The Kier molecular flexibility index (Phi) is 4.24. The molecule has 1 rings (SSSR count). The number of aromatic nitrogens is 2. The third-order valence-corrected chi connectivity index (χ3v) is 2.81. The standard InChI is InChI=1S/C11H18F3N5/c1-6(10(2,3)4)16-8-5-7(11(12,13)14)17-9(18-8)19-15/h5-6H,15H2,1-4H3,(H2,16,17,18,19). The van der Waals surface area contributed by atoms with E-state index in [1.807, 2.05) is 33.1 Å². The Hall–Kier alpha value is -1.57. The second-order valence-electron chi connectivity index (χ2n) is 5.34. The molecule has 0 aliphatic carbocycles. The van der Waals surface area contributed by atoms with Gasteiger partial charge in [-0.2, -0.15) is 18.2 Å². The molecule has 0 saturated carbocycles. The molecule has 0 bridgehead atoms. The van der Waals surface area contributed by atoms with Crippen molar-refractivity contribution >= 4 is 11.8 Å². The van der Waals surface area contributed by atoms with E-state index < -0.39 is 11.9 Å². The molecule has 1 unspecified atom stereocenters. The Labute approximate surface area is 109 Å². The number of halogens is 3. The van der Waals surface area contributed by atoms with Crippen molar-refractivity contribution in [1.29, 1.82) is 0 Å². The zero-order chi connectivity index (χ0) is 14.8. The van der Waals surface area contributed by atoms with E-state index in [0.717, 1.165) is 6.07 Å². The maximum Gasteiger partial charge on any atom is 0.433 e. The second-order valence-corrected chi connectivity index (χ2v) is 5.34. The molecule has 0 aromatic carbocycles. The van der Waals surface area contributed by atoms with Crippen molar-refractivity contribution in [1.82, 2.24) is 9.97 Å². The minimum Gasteiger partial charge on any atom is -0.367 e. The van der Waals surface area contributed by atoms with Gasteiger partial charge < -0.3 is 5.32 Å². The molecular weight excluding hydrogens is 259 g/mol. The number of hydrogen-bond acceptors (Lipinski definition) is 5. The first kappa shape index (κ1) is 15.5. The smallest absolute Gasteiger partial charge is 0.367 e. The average molecular weight is 277 g/mol. The number of hydrazine groups is 1. The highest BCUT2D eigenvalue weighted by Gasteiger charge is 2.34. The molecule has 0 saturated heterocycles. The minimum atomic E-state index is -4.55. The van der Waals surface area contributed by atoms with Crippen molar-refractivity contribution < 1.29 is 13.2 Å².